The van der Waals surface area contributed by atoms with Gasteiger partial charge in [-0.1, -0.05) is 12.1 Å². The van der Waals surface area contributed by atoms with Crippen molar-refractivity contribution >= 4 is 16.8 Å². The molecule has 1 aliphatic rings. The van der Waals surface area contributed by atoms with E-state index in [0.29, 0.717) is 42.7 Å². The Kier molecular flexibility index (Phi) is 5.25. The molecular weight excluding hydrogens is 306 g/mol. The first kappa shape index (κ1) is 16.6. The quantitative estimate of drug-likeness (QED) is 0.877. The molecule has 0 spiro atoms. The van der Waals surface area contributed by atoms with E-state index in [9.17, 15) is 9.59 Å². The maximum absolute atomic E-state index is 12.5. The fourth-order valence-corrected chi connectivity index (χ4v) is 3.06. The number of rotatable bonds is 6. The molecule has 1 amide bonds. The maximum atomic E-state index is 12.5. The van der Waals surface area contributed by atoms with Gasteiger partial charge in [-0.05, 0) is 38.3 Å². The van der Waals surface area contributed by atoms with E-state index in [0.717, 1.165) is 19.4 Å². The molecule has 3 rings (SSSR count). The van der Waals surface area contributed by atoms with Crippen molar-refractivity contribution < 1.29 is 9.53 Å². The van der Waals surface area contributed by atoms with Gasteiger partial charge in [-0.15, -0.1) is 0 Å². The normalized spacial score (nSPS) is 17.3. The van der Waals surface area contributed by atoms with E-state index in [1.165, 1.54) is 0 Å². The molecular formula is C18H23N3O3. The van der Waals surface area contributed by atoms with E-state index < -0.39 is 0 Å². The predicted molar refractivity (Wildman–Crippen MR) is 92.0 cm³/mol. The third-order valence-electron chi connectivity index (χ3n) is 4.39. The molecule has 0 bridgehead atoms. The SMILES string of the molecule is Cc1nc2ccccc2c(=O)n1CCCC(=O)NC[C@H]1CCCO1. The number of nitrogens with one attached hydrogen (secondary N) is 1. The molecule has 1 atom stereocenters. The molecule has 2 aromatic rings. The van der Waals surface area contributed by atoms with Crippen LogP contribution in [-0.2, 0) is 16.1 Å². The first-order valence-electron chi connectivity index (χ1n) is 8.49. The summed E-state index contributed by atoms with van der Waals surface area (Å²) >= 11 is 0. The lowest BCUT2D eigenvalue weighted by molar-refractivity contribution is -0.121. The fourth-order valence-electron chi connectivity index (χ4n) is 3.06. The monoisotopic (exact) mass is 329 g/mol. The van der Waals surface area contributed by atoms with Gasteiger partial charge in [-0.2, -0.15) is 0 Å². The van der Waals surface area contributed by atoms with E-state index in [-0.39, 0.29) is 17.6 Å². The number of aryl methyl sites for hydroxylation is 1. The van der Waals surface area contributed by atoms with Crippen LogP contribution in [0.3, 0.4) is 0 Å². The minimum absolute atomic E-state index is 0.00458. The van der Waals surface area contributed by atoms with Gasteiger partial charge in [-0.3, -0.25) is 14.2 Å². The number of hydrogen-bond acceptors (Lipinski definition) is 4. The highest BCUT2D eigenvalue weighted by atomic mass is 16.5. The first-order valence-corrected chi connectivity index (χ1v) is 8.49. The Morgan fingerprint density at radius 1 is 1.42 bits per heavy atom. The summed E-state index contributed by atoms with van der Waals surface area (Å²) in [6.45, 7) is 3.69. The van der Waals surface area contributed by atoms with Crippen molar-refractivity contribution in [3.63, 3.8) is 0 Å². The van der Waals surface area contributed by atoms with Crippen LogP contribution in [-0.4, -0.2) is 34.7 Å². The van der Waals surface area contributed by atoms with Crippen LogP contribution in [0.2, 0.25) is 0 Å². The highest BCUT2D eigenvalue weighted by molar-refractivity contribution is 5.77. The lowest BCUT2D eigenvalue weighted by atomic mass is 10.2. The third kappa shape index (κ3) is 3.82. The largest absolute Gasteiger partial charge is 0.376 e. The summed E-state index contributed by atoms with van der Waals surface area (Å²) in [4.78, 5) is 28.9. The molecule has 1 aromatic heterocycles. The Morgan fingerprint density at radius 2 is 2.25 bits per heavy atom. The fraction of sp³-hybridized carbons (Fsp3) is 0.500. The van der Waals surface area contributed by atoms with Crippen molar-refractivity contribution in [3.05, 3.63) is 40.4 Å². The van der Waals surface area contributed by atoms with E-state index >= 15 is 0 Å². The molecule has 1 aliphatic heterocycles. The number of carbonyl (C=O) groups excluding carboxylic acids is 1. The Hall–Kier alpha value is -2.21. The van der Waals surface area contributed by atoms with Crippen LogP contribution in [0.1, 0.15) is 31.5 Å². The van der Waals surface area contributed by atoms with Gasteiger partial charge in [0.15, 0.2) is 0 Å². The zero-order chi connectivity index (χ0) is 16.9. The minimum atomic E-state index is -0.0436. The molecule has 1 N–H and O–H groups in total. The smallest absolute Gasteiger partial charge is 0.261 e. The van der Waals surface area contributed by atoms with Crippen molar-refractivity contribution in [2.24, 2.45) is 0 Å². The number of carbonyl (C=O) groups is 1. The number of hydrogen-bond donors (Lipinski definition) is 1. The number of aromatic nitrogens is 2. The molecule has 1 aromatic carbocycles. The second-order valence-electron chi connectivity index (χ2n) is 6.18. The molecule has 0 saturated carbocycles. The summed E-state index contributed by atoms with van der Waals surface area (Å²) < 4.78 is 7.13. The van der Waals surface area contributed by atoms with E-state index in [2.05, 4.69) is 10.3 Å². The van der Waals surface area contributed by atoms with Crippen LogP contribution < -0.4 is 10.9 Å². The zero-order valence-electron chi connectivity index (χ0n) is 14.0. The Balaban J connectivity index is 1.55. The van der Waals surface area contributed by atoms with Crippen LogP contribution in [0, 0.1) is 6.92 Å². The standard InChI is InChI=1S/C18H23N3O3/c1-13-20-16-8-3-2-7-15(16)18(23)21(13)10-4-9-17(22)19-12-14-6-5-11-24-14/h2-3,7-8,14H,4-6,9-12H2,1H3,(H,19,22)/t14-/m1/s1. The lowest BCUT2D eigenvalue weighted by Gasteiger charge is -2.12. The van der Waals surface area contributed by atoms with Gasteiger partial charge in [0.2, 0.25) is 5.91 Å². The van der Waals surface area contributed by atoms with Gasteiger partial charge in [-0.25, -0.2) is 4.98 Å². The topological polar surface area (TPSA) is 73.2 Å². The maximum Gasteiger partial charge on any atom is 0.261 e. The summed E-state index contributed by atoms with van der Waals surface area (Å²) in [7, 11) is 0. The molecule has 0 unspecified atom stereocenters. The van der Waals surface area contributed by atoms with Crippen molar-refractivity contribution in [2.75, 3.05) is 13.2 Å². The molecule has 24 heavy (non-hydrogen) atoms. The predicted octanol–water partition coefficient (Wildman–Crippen LogP) is 1.78. The molecule has 128 valence electrons. The Morgan fingerprint density at radius 3 is 3.04 bits per heavy atom. The number of nitrogens with zero attached hydrogens (tertiary/aromatic N) is 2. The molecule has 1 saturated heterocycles. The second kappa shape index (κ2) is 7.57. The van der Waals surface area contributed by atoms with Gasteiger partial charge >= 0.3 is 0 Å². The van der Waals surface area contributed by atoms with Gasteiger partial charge in [0, 0.05) is 26.1 Å². The summed E-state index contributed by atoms with van der Waals surface area (Å²) in [6, 6.07) is 7.34. The number of amides is 1. The highest BCUT2D eigenvalue weighted by Gasteiger charge is 2.16. The lowest BCUT2D eigenvalue weighted by Crippen LogP contribution is -2.32. The molecule has 1 fully saturated rings. The number of fused-ring (bicyclic) bond motifs is 1. The van der Waals surface area contributed by atoms with Crippen LogP contribution >= 0.6 is 0 Å². The summed E-state index contributed by atoms with van der Waals surface area (Å²) in [5, 5.41) is 3.52. The van der Waals surface area contributed by atoms with E-state index in [4.69, 9.17) is 4.74 Å². The summed E-state index contributed by atoms with van der Waals surface area (Å²) in [5.74, 6) is 0.684. The van der Waals surface area contributed by atoms with Crippen LogP contribution in [0.4, 0.5) is 0 Å². The van der Waals surface area contributed by atoms with Crippen molar-refractivity contribution in [3.8, 4) is 0 Å². The Bertz CT molecular complexity index is 779. The third-order valence-corrected chi connectivity index (χ3v) is 4.39. The van der Waals surface area contributed by atoms with Gasteiger partial charge < -0.3 is 10.1 Å². The first-order chi connectivity index (χ1) is 11.6. The van der Waals surface area contributed by atoms with Crippen molar-refractivity contribution in [1.29, 1.82) is 0 Å². The van der Waals surface area contributed by atoms with E-state index in [1.54, 1.807) is 10.6 Å². The zero-order valence-corrected chi connectivity index (χ0v) is 14.0. The molecule has 0 aliphatic carbocycles. The highest BCUT2D eigenvalue weighted by Crippen LogP contribution is 2.11. The average molecular weight is 329 g/mol. The van der Waals surface area contributed by atoms with Gasteiger partial charge in [0.1, 0.15) is 5.82 Å². The van der Waals surface area contributed by atoms with E-state index in [1.807, 2.05) is 25.1 Å². The Labute approximate surface area is 140 Å². The van der Waals surface area contributed by atoms with Crippen molar-refractivity contribution in [1.82, 2.24) is 14.9 Å². The van der Waals surface area contributed by atoms with Crippen LogP contribution in [0.5, 0.6) is 0 Å². The number of para-hydroxylation sites is 1. The van der Waals surface area contributed by atoms with Crippen molar-refractivity contribution in [2.45, 2.75) is 45.3 Å². The van der Waals surface area contributed by atoms with Crippen LogP contribution in [0.15, 0.2) is 29.1 Å². The van der Waals surface area contributed by atoms with Gasteiger partial charge in [0.05, 0.1) is 17.0 Å². The average Bonchev–Trinajstić information content (AvgIpc) is 3.09. The number of ether oxygens (including phenoxy) is 1. The molecule has 6 nitrogen and oxygen atoms in total. The molecule has 6 heteroatoms. The minimum Gasteiger partial charge on any atom is -0.376 e. The number of benzene rings is 1. The van der Waals surface area contributed by atoms with Crippen LogP contribution in [0.25, 0.3) is 10.9 Å². The summed E-state index contributed by atoms with van der Waals surface area (Å²) in [6.07, 6.45) is 3.24. The second-order valence-corrected chi connectivity index (χ2v) is 6.18. The van der Waals surface area contributed by atoms with Gasteiger partial charge in [0.25, 0.3) is 5.56 Å². The molecule has 2 heterocycles. The molecule has 0 radical (unpaired) electrons. The summed E-state index contributed by atoms with van der Waals surface area (Å²) in [5.41, 5.74) is 0.670.